The number of hydrogen-bond acceptors (Lipinski definition) is 5. The molecule has 0 radical (unpaired) electrons. The van der Waals surface area contributed by atoms with Crippen LogP contribution in [0.15, 0.2) is 112 Å². The lowest BCUT2D eigenvalue weighted by molar-refractivity contribution is -0.140. The van der Waals surface area contributed by atoms with Crippen molar-refractivity contribution in [1.82, 2.24) is 10.2 Å². The van der Waals surface area contributed by atoms with Crippen molar-refractivity contribution in [3.8, 4) is 5.75 Å². The molecule has 2 amide bonds. The van der Waals surface area contributed by atoms with Crippen molar-refractivity contribution >= 4 is 43.5 Å². The molecule has 0 unspecified atom stereocenters. The van der Waals surface area contributed by atoms with E-state index < -0.39 is 34.3 Å². The molecular weight excluding hydrogens is 673 g/mol. The number of carbonyl (C=O) groups is 2. The molecule has 4 aromatic rings. The molecule has 8 nitrogen and oxygen atoms in total. The van der Waals surface area contributed by atoms with Gasteiger partial charge in [0.05, 0.1) is 17.7 Å². The van der Waals surface area contributed by atoms with Gasteiger partial charge in [-0.15, -0.1) is 0 Å². The first-order chi connectivity index (χ1) is 22.0. The Morgan fingerprint density at radius 2 is 1.52 bits per heavy atom. The molecule has 0 saturated carbocycles. The minimum Gasteiger partial charge on any atom is -0.497 e. The van der Waals surface area contributed by atoms with Gasteiger partial charge in [-0.3, -0.25) is 13.9 Å². The summed E-state index contributed by atoms with van der Waals surface area (Å²) >= 11 is 3.44. The van der Waals surface area contributed by atoms with Gasteiger partial charge < -0.3 is 15.0 Å². The van der Waals surface area contributed by atoms with Crippen LogP contribution in [0.25, 0.3) is 0 Å². The van der Waals surface area contributed by atoms with Gasteiger partial charge >= 0.3 is 0 Å². The third kappa shape index (κ3) is 8.95. The van der Waals surface area contributed by atoms with E-state index in [1.807, 2.05) is 68.4 Å². The number of amides is 2. The fraction of sp³-hybridized carbons (Fsp3) is 0.257. The van der Waals surface area contributed by atoms with Crippen molar-refractivity contribution in [3.63, 3.8) is 0 Å². The molecule has 2 atom stereocenters. The van der Waals surface area contributed by atoms with Crippen LogP contribution in [0.4, 0.5) is 10.1 Å². The fourth-order valence-corrected chi connectivity index (χ4v) is 6.47. The Kier molecular flexibility index (Phi) is 11.9. The normalized spacial score (nSPS) is 12.5. The second-order valence-electron chi connectivity index (χ2n) is 10.8. The summed E-state index contributed by atoms with van der Waals surface area (Å²) in [5.74, 6) is -1.06. The van der Waals surface area contributed by atoms with Gasteiger partial charge in [-0.1, -0.05) is 65.3 Å². The first-order valence-electron chi connectivity index (χ1n) is 14.8. The van der Waals surface area contributed by atoms with E-state index in [4.69, 9.17) is 4.74 Å². The molecule has 242 valence electrons. The van der Waals surface area contributed by atoms with E-state index in [0.717, 1.165) is 32.0 Å². The summed E-state index contributed by atoms with van der Waals surface area (Å²) < 4.78 is 49.1. The molecule has 4 rings (SSSR count). The van der Waals surface area contributed by atoms with Crippen LogP contribution in [-0.2, 0) is 32.6 Å². The highest BCUT2D eigenvalue weighted by Crippen LogP contribution is 2.27. The minimum atomic E-state index is -4.33. The average molecular weight is 711 g/mol. The summed E-state index contributed by atoms with van der Waals surface area (Å²) in [7, 11) is -2.86. The monoisotopic (exact) mass is 709 g/mol. The van der Waals surface area contributed by atoms with Crippen LogP contribution < -0.4 is 14.4 Å². The van der Waals surface area contributed by atoms with Crippen LogP contribution in [0.1, 0.15) is 31.4 Å². The number of rotatable bonds is 14. The number of hydrogen-bond donors (Lipinski definition) is 1. The number of nitrogens with one attached hydrogen (secondary N) is 1. The van der Waals surface area contributed by atoms with Gasteiger partial charge in [0, 0.05) is 23.5 Å². The standard InChI is InChI=1S/C35H37BrFN3O5S/c1-4-25(2)38-35(42)33(22-26-8-6-5-7-9-26)39(23-27-10-12-28(36)13-11-27)34(41)24-40(30-16-14-29(37)15-17-30)46(43,44)32-20-18-31(45-3)19-21-32/h5-21,25,33H,4,22-24H2,1-3H3,(H,38,42)/t25-,33-/m1/s1. The highest BCUT2D eigenvalue weighted by molar-refractivity contribution is 9.10. The molecule has 4 aromatic carbocycles. The quantitative estimate of drug-likeness (QED) is 0.165. The van der Waals surface area contributed by atoms with Gasteiger partial charge in [0.15, 0.2) is 0 Å². The Morgan fingerprint density at radius 3 is 2.11 bits per heavy atom. The maximum absolute atomic E-state index is 14.5. The Morgan fingerprint density at radius 1 is 0.891 bits per heavy atom. The first kappa shape index (κ1) is 34.6. The predicted octanol–water partition coefficient (Wildman–Crippen LogP) is 6.35. The van der Waals surface area contributed by atoms with E-state index in [9.17, 15) is 22.4 Å². The molecule has 0 aromatic heterocycles. The number of carbonyl (C=O) groups excluding carboxylic acids is 2. The zero-order chi connectivity index (χ0) is 33.3. The van der Waals surface area contributed by atoms with Crippen LogP contribution in [0, 0.1) is 5.82 Å². The number of anilines is 1. The zero-order valence-corrected chi connectivity index (χ0v) is 28.3. The van der Waals surface area contributed by atoms with Crippen molar-refractivity contribution in [3.05, 3.63) is 125 Å². The SMILES string of the molecule is CC[C@@H](C)NC(=O)[C@@H](Cc1ccccc1)N(Cc1ccc(Br)cc1)C(=O)CN(c1ccc(F)cc1)S(=O)(=O)c1ccc(OC)cc1. The van der Waals surface area contributed by atoms with Crippen LogP contribution >= 0.6 is 15.9 Å². The number of nitrogens with zero attached hydrogens (tertiary/aromatic N) is 2. The average Bonchev–Trinajstić information content (AvgIpc) is 3.06. The molecule has 0 heterocycles. The van der Waals surface area contributed by atoms with E-state index in [2.05, 4.69) is 21.2 Å². The van der Waals surface area contributed by atoms with Gasteiger partial charge in [0.25, 0.3) is 10.0 Å². The van der Waals surface area contributed by atoms with Gasteiger partial charge in [0.2, 0.25) is 11.8 Å². The number of ether oxygens (including phenoxy) is 1. The molecule has 0 spiro atoms. The van der Waals surface area contributed by atoms with Gasteiger partial charge in [0.1, 0.15) is 24.2 Å². The largest absolute Gasteiger partial charge is 0.497 e. The third-order valence-electron chi connectivity index (χ3n) is 7.58. The van der Waals surface area contributed by atoms with E-state index in [1.54, 1.807) is 0 Å². The fourth-order valence-electron chi connectivity index (χ4n) is 4.79. The first-order valence-corrected chi connectivity index (χ1v) is 17.1. The molecule has 0 aliphatic rings. The summed E-state index contributed by atoms with van der Waals surface area (Å²) in [6.07, 6.45) is 0.885. The highest BCUT2D eigenvalue weighted by Gasteiger charge is 2.35. The number of halogens is 2. The smallest absolute Gasteiger partial charge is 0.264 e. The summed E-state index contributed by atoms with van der Waals surface area (Å²) in [6, 6.07) is 26.2. The highest BCUT2D eigenvalue weighted by atomic mass is 79.9. The van der Waals surface area contributed by atoms with Crippen LogP contribution in [0.2, 0.25) is 0 Å². The maximum atomic E-state index is 14.5. The lowest BCUT2D eigenvalue weighted by atomic mass is 10.0. The summed E-state index contributed by atoms with van der Waals surface area (Å²) in [4.78, 5) is 29.7. The van der Waals surface area contributed by atoms with Gasteiger partial charge in [-0.2, -0.15) is 0 Å². The van der Waals surface area contributed by atoms with Crippen LogP contribution in [0.3, 0.4) is 0 Å². The van der Waals surface area contributed by atoms with Crippen LogP contribution in [-0.4, -0.2) is 50.9 Å². The van der Waals surface area contributed by atoms with Crippen molar-refractivity contribution in [1.29, 1.82) is 0 Å². The van der Waals surface area contributed by atoms with Crippen molar-refractivity contribution < 1.29 is 27.1 Å². The summed E-state index contributed by atoms with van der Waals surface area (Å²) in [6.45, 7) is 3.23. The Bertz CT molecular complexity index is 1700. The Labute approximate surface area is 278 Å². The summed E-state index contributed by atoms with van der Waals surface area (Å²) in [5, 5.41) is 3.01. The van der Waals surface area contributed by atoms with Crippen molar-refractivity contribution in [2.75, 3.05) is 18.0 Å². The molecule has 46 heavy (non-hydrogen) atoms. The van der Waals surface area contributed by atoms with E-state index in [-0.39, 0.29) is 35.5 Å². The lowest BCUT2D eigenvalue weighted by Gasteiger charge is -2.34. The number of methoxy groups -OCH3 is 1. The van der Waals surface area contributed by atoms with E-state index in [1.165, 1.54) is 48.4 Å². The molecule has 0 aliphatic carbocycles. The van der Waals surface area contributed by atoms with Gasteiger partial charge in [-0.05, 0) is 85.1 Å². The molecule has 1 N–H and O–H groups in total. The lowest BCUT2D eigenvalue weighted by Crippen LogP contribution is -2.54. The third-order valence-corrected chi connectivity index (χ3v) is 9.90. The Balaban J connectivity index is 1.80. The van der Waals surface area contributed by atoms with Crippen LogP contribution in [0.5, 0.6) is 5.75 Å². The second-order valence-corrected chi connectivity index (χ2v) is 13.6. The predicted molar refractivity (Wildman–Crippen MR) is 180 cm³/mol. The van der Waals surface area contributed by atoms with Crippen molar-refractivity contribution in [2.45, 2.75) is 50.2 Å². The molecule has 0 fully saturated rings. The van der Waals surface area contributed by atoms with Crippen molar-refractivity contribution in [2.24, 2.45) is 0 Å². The zero-order valence-electron chi connectivity index (χ0n) is 25.9. The summed E-state index contributed by atoms with van der Waals surface area (Å²) in [5.41, 5.74) is 1.68. The van der Waals surface area contributed by atoms with E-state index in [0.29, 0.717) is 12.2 Å². The topological polar surface area (TPSA) is 96.0 Å². The molecule has 0 bridgehead atoms. The molecule has 11 heteroatoms. The number of sulfonamides is 1. The van der Waals surface area contributed by atoms with Gasteiger partial charge in [-0.25, -0.2) is 12.8 Å². The molecule has 0 aliphatic heterocycles. The number of benzene rings is 4. The van der Waals surface area contributed by atoms with E-state index >= 15 is 0 Å². The second kappa shape index (κ2) is 15.9. The molecular formula is C35H37BrFN3O5S. The Hall–Kier alpha value is -4.22. The maximum Gasteiger partial charge on any atom is 0.264 e. The molecule has 0 saturated heterocycles. The minimum absolute atomic E-state index is 0.0391.